The van der Waals surface area contributed by atoms with Crippen molar-refractivity contribution in [3.05, 3.63) is 24.3 Å². The van der Waals surface area contributed by atoms with Crippen molar-refractivity contribution in [3.8, 4) is 0 Å². The maximum atomic E-state index is 2.66. The van der Waals surface area contributed by atoms with Crippen molar-refractivity contribution in [1.82, 2.24) is 0 Å². The Morgan fingerprint density at radius 1 is 1.22 bits per heavy atom. The van der Waals surface area contributed by atoms with Crippen LogP contribution in [0.2, 0.25) is 0 Å². The van der Waals surface area contributed by atoms with Gasteiger partial charge in [-0.1, -0.05) is 12.1 Å². The van der Waals surface area contributed by atoms with Crippen LogP contribution in [-0.2, 0) is 0 Å². The zero-order valence-corrected chi connectivity index (χ0v) is 7.27. The molecule has 0 N–H and O–H groups in total. The van der Waals surface area contributed by atoms with E-state index in [9.17, 15) is 0 Å². The average molecular weight is 156 g/mol. The van der Waals surface area contributed by atoms with Crippen molar-refractivity contribution in [3.63, 3.8) is 0 Å². The summed E-state index contributed by atoms with van der Waals surface area (Å²) in [4.78, 5) is 1.32. The highest BCUT2D eigenvalue weighted by molar-refractivity contribution is 7.98. The van der Waals surface area contributed by atoms with Gasteiger partial charge in [-0.05, 0) is 23.7 Å². The van der Waals surface area contributed by atoms with E-state index in [1.807, 2.05) is 0 Å². The summed E-state index contributed by atoms with van der Waals surface area (Å²) >= 11 is 1.77. The first-order valence-corrected chi connectivity index (χ1v) is 4.52. The highest BCUT2D eigenvalue weighted by atomic mass is 32.2. The fourth-order valence-electron chi connectivity index (χ4n) is 0.604. The van der Waals surface area contributed by atoms with E-state index in [1.54, 1.807) is 11.8 Å². The second kappa shape index (κ2) is 3.24. The summed E-state index contributed by atoms with van der Waals surface area (Å²) in [6.45, 7) is 0. The molecule has 1 rings (SSSR count). The summed E-state index contributed by atoms with van der Waals surface area (Å²) in [5.41, 5.74) is 0. The third-order valence-corrected chi connectivity index (χ3v) is 2.24. The fraction of sp³-hybridized carbons (Fsp3) is 0.143. The van der Waals surface area contributed by atoms with Crippen LogP contribution in [-0.4, -0.2) is 6.26 Å². The third kappa shape index (κ3) is 2.00. The predicted molar refractivity (Wildman–Crippen MR) is 47.6 cm³/mol. The zero-order chi connectivity index (χ0) is 6.69. The van der Waals surface area contributed by atoms with Gasteiger partial charge in [0, 0.05) is 4.90 Å². The number of thioether (sulfide) groups is 1. The first-order valence-electron chi connectivity index (χ1n) is 2.72. The molecule has 0 bridgehead atoms. The minimum Gasteiger partial charge on any atom is -0.130 e. The molecule has 1 aromatic carbocycles. The van der Waals surface area contributed by atoms with Crippen molar-refractivity contribution in [1.29, 1.82) is 0 Å². The van der Waals surface area contributed by atoms with Gasteiger partial charge in [0.25, 0.3) is 0 Å². The minimum absolute atomic E-state index is 1.24. The number of rotatable bonds is 1. The molecule has 0 aliphatic heterocycles. The Hall–Kier alpha value is -0.0000000000000000555. The molecule has 0 aromatic heterocycles. The summed E-state index contributed by atoms with van der Waals surface area (Å²) in [7, 11) is 2.66. The van der Waals surface area contributed by atoms with E-state index >= 15 is 0 Å². The largest absolute Gasteiger partial charge is 0.130 e. The lowest BCUT2D eigenvalue weighted by atomic mass is 10.4. The summed E-state index contributed by atoms with van der Waals surface area (Å²) in [6.07, 6.45) is 2.08. The van der Waals surface area contributed by atoms with Crippen LogP contribution < -0.4 is 5.30 Å². The fourth-order valence-corrected chi connectivity index (χ4v) is 1.20. The summed E-state index contributed by atoms with van der Waals surface area (Å²) < 4.78 is 0. The average Bonchev–Trinajstić information content (AvgIpc) is 1.90. The van der Waals surface area contributed by atoms with Crippen molar-refractivity contribution >= 4 is 26.3 Å². The van der Waals surface area contributed by atoms with Crippen LogP contribution in [0.4, 0.5) is 0 Å². The van der Waals surface area contributed by atoms with Crippen LogP contribution in [0.5, 0.6) is 0 Å². The van der Waals surface area contributed by atoms with E-state index in [-0.39, 0.29) is 0 Å². The first-order chi connectivity index (χ1) is 4.33. The zero-order valence-electron chi connectivity index (χ0n) is 5.29. The molecule has 0 nitrogen and oxygen atoms in total. The van der Waals surface area contributed by atoms with E-state index < -0.39 is 0 Å². The molecule has 1 unspecified atom stereocenters. The standard InChI is InChI=1S/C7H9PS/c1-9-7-4-2-6(8)3-5-7/h2-5H,8H2,1H3. The molecule has 0 radical (unpaired) electrons. The number of hydrogen-bond acceptors (Lipinski definition) is 1. The van der Waals surface area contributed by atoms with Gasteiger partial charge < -0.3 is 0 Å². The Balaban J connectivity index is 2.88. The Bertz CT molecular complexity index is 181. The Kier molecular flexibility index (Phi) is 2.56. The van der Waals surface area contributed by atoms with Gasteiger partial charge in [0.05, 0.1) is 0 Å². The highest BCUT2D eigenvalue weighted by Crippen LogP contribution is 2.11. The van der Waals surface area contributed by atoms with Crippen LogP contribution in [0.15, 0.2) is 29.2 Å². The maximum Gasteiger partial charge on any atom is 0.00695 e. The summed E-state index contributed by atoms with van der Waals surface area (Å²) in [5.74, 6) is 0. The van der Waals surface area contributed by atoms with Crippen LogP contribution in [0.3, 0.4) is 0 Å². The van der Waals surface area contributed by atoms with E-state index in [4.69, 9.17) is 0 Å². The van der Waals surface area contributed by atoms with Gasteiger partial charge in [-0.2, -0.15) is 0 Å². The monoisotopic (exact) mass is 156 g/mol. The number of hydrogen-bond donors (Lipinski definition) is 0. The van der Waals surface area contributed by atoms with Gasteiger partial charge >= 0.3 is 0 Å². The highest BCUT2D eigenvalue weighted by Gasteiger charge is 1.85. The maximum absolute atomic E-state index is 2.66. The molecular formula is C7H9PS. The second-order valence-electron chi connectivity index (χ2n) is 1.77. The summed E-state index contributed by atoms with van der Waals surface area (Å²) in [6, 6.07) is 8.42. The van der Waals surface area contributed by atoms with E-state index in [0.717, 1.165) is 0 Å². The van der Waals surface area contributed by atoms with Crippen LogP contribution >= 0.6 is 21.0 Å². The van der Waals surface area contributed by atoms with Crippen LogP contribution in [0.1, 0.15) is 0 Å². The van der Waals surface area contributed by atoms with Crippen molar-refractivity contribution in [2.45, 2.75) is 4.90 Å². The quantitative estimate of drug-likeness (QED) is 0.442. The molecule has 0 aliphatic carbocycles. The van der Waals surface area contributed by atoms with Crippen molar-refractivity contribution in [2.75, 3.05) is 6.26 Å². The van der Waals surface area contributed by atoms with E-state index in [2.05, 4.69) is 39.8 Å². The molecule has 0 heterocycles. The molecule has 2 heteroatoms. The molecule has 0 fully saturated rings. The molecule has 0 aliphatic rings. The molecule has 9 heavy (non-hydrogen) atoms. The normalized spacial score (nSPS) is 9.56. The summed E-state index contributed by atoms with van der Waals surface area (Å²) in [5, 5.41) is 1.24. The molecule has 1 aromatic rings. The lowest BCUT2D eigenvalue weighted by molar-refractivity contribution is 1.49. The van der Waals surface area contributed by atoms with Gasteiger partial charge in [-0.25, -0.2) is 0 Å². The van der Waals surface area contributed by atoms with Gasteiger partial charge in [0.15, 0.2) is 0 Å². The van der Waals surface area contributed by atoms with Crippen LogP contribution in [0.25, 0.3) is 0 Å². The Morgan fingerprint density at radius 2 is 1.78 bits per heavy atom. The molecule has 0 saturated heterocycles. The lowest BCUT2D eigenvalue weighted by Crippen LogP contribution is -1.85. The Morgan fingerprint density at radius 3 is 2.22 bits per heavy atom. The van der Waals surface area contributed by atoms with Gasteiger partial charge in [-0.3, -0.25) is 0 Å². The molecule has 48 valence electrons. The van der Waals surface area contributed by atoms with Crippen molar-refractivity contribution < 1.29 is 0 Å². The smallest absolute Gasteiger partial charge is 0.00695 e. The predicted octanol–water partition coefficient (Wildman–Crippen LogP) is 1.91. The first kappa shape index (κ1) is 7.11. The van der Waals surface area contributed by atoms with Gasteiger partial charge in [0.2, 0.25) is 0 Å². The van der Waals surface area contributed by atoms with Gasteiger partial charge in [0.1, 0.15) is 0 Å². The minimum atomic E-state index is 1.24. The van der Waals surface area contributed by atoms with Crippen LogP contribution in [0, 0.1) is 0 Å². The molecule has 0 saturated carbocycles. The Labute approximate surface area is 62.2 Å². The SMILES string of the molecule is CSc1ccc(P)cc1. The molecule has 1 atom stereocenters. The molecule has 0 amide bonds. The number of benzene rings is 1. The second-order valence-corrected chi connectivity index (χ2v) is 3.32. The molecular weight excluding hydrogens is 147 g/mol. The lowest BCUT2D eigenvalue weighted by Gasteiger charge is -1.93. The molecule has 0 spiro atoms. The van der Waals surface area contributed by atoms with Gasteiger partial charge in [-0.15, -0.1) is 21.0 Å². The van der Waals surface area contributed by atoms with E-state index in [0.29, 0.717) is 0 Å². The van der Waals surface area contributed by atoms with E-state index in [1.165, 1.54) is 10.2 Å². The van der Waals surface area contributed by atoms with Crippen molar-refractivity contribution in [2.24, 2.45) is 0 Å². The third-order valence-electron chi connectivity index (χ3n) is 1.12. The topological polar surface area (TPSA) is 0 Å².